The van der Waals surface area contributed by atoms with Gasteiger partial charge in [0.2, 0.25) is 11.9 Å². The second-order valence-electron chi connectivity index (χ2n) is 10.3. The Balaban J connectivity index is 1.18. The van der Waals surface area contributed by atoms with Crippen molar-refractivity contribution in [2.45, 2.75) is 57.0 Å². The summed E-state index contributed by atoms with van der Waals surface area (Å²) >= 11 is 1.56. The van der Waals surface area contributed by atoms with E-state index >= 15 is 0 Å². The topological polar surface area (TPSA) is 110 Å². The molecule has 0 unspecified atom stereocenters. The quantitative estimate of drug-likeness (QED) is 0.297. The molecule has 41 heavy (non-hydrogen) atoms. The summed E-state index contributed by atoms with van der Waals surface area (Å²) in [6, 6.07) is 9.05. The molecule has 0 atom stereocenters. The van der Waals surface area contributed by atoms with E-state index in [4.69, 9.17) is 14.7 Å². The molecular formula is C28H32F2N8O2S. The van der Waals surface area contributed by atoms with Gasteiger partial charge in [-0.05, 0) is 37.8 Å². The number of benzene rings is 1. The standard InChI is InChI=1S/C28H32F2N8O2S/c29-26(30)27-34-20-3-1-2-4-21(20)38(27)23-17-22(35-28(36-23)37-12-14-40-15-13-37)32-18-5-7-19(8-6-18)33-24(39)9-10-25-31-11-16-41-25/h1-4,11,16-19,26H,5-10,12-15H2,(H,33,39)(H,32,35,36). The fourth-order valence-electron chi connectivity index (χ4n) is 5.44. The van der Waals surface area contributed by atoms with E-state index in [-0.39, 0.29) is 23.8 Å². The minimum atomic E-state index is -2.77. The number of alkyl halides is 2. The SMILES string of the molecule is O=C(CCc1nccs1)NC1CCC(Nc2cc(-n3c(C(F)F)nc4ccccc43)nc(N3CCOCC3)n2)CC1. The molecule has 0 bridgehead atoms. The molecule has 10 nitrogen and oxygen atoms in total. The Hall–Kier alpha value is -3.71. The second kappa shape index (κ2) is 12.4. The predicted molar refractivity (Wildman–Crippen MR) is 153 cm³/mol. The van der Waals surface area contributed by atoms with Crippen LogP contribution in [0, 0.1) is 0 Å². The van der Waals surface area contributed by atoms with Gasteiger partial charge >= 0.3 is 0 Å². The molecule has 13 heteroatoms. The third kappa shape index (κ3) is 6.46. The lowest BCUT2D eigenvalue weighted by Crippen LogP contribution is -2.40. The fourth-order valence-corrected chi connectivity index (χ4v) is 6.06. The van der Waals surface area contributed by atoms with Crippen LogP contribution in [0.25, 0.3) is 16.9 Å². The molecule has 1 aliphatic heterocycles. The lowest BCUT2D eigenvalue weighted by molar-refractivity contribution is -0.122. The zero-order valence-corrected chi connectivity index (χ0v) is 23.3. The summed E-state index contributed by atoms with van der Waals surface area (Å²) in [5.41, 5.74) is 1.04. The molecule has 1 amide bonds. The number of morpholine rings is 1. The van der Waals surface area contributed by atoms with Gasteiger partial charge in [0.15, 0.2) is 5.82 Å². The minimum absolute atomic E-state index is 0.0506. The number of amides is 1. The number of aromatic nitrogens is 5. The van der Waals surface area contributed by atoms with Gasteiger partial charge < -0.3 is 20.3 Å². The van der Waals surface area contributed by atoms with Gasteiger partial charge in [0.05, 0.1) is 29.3 Å². The predicted octanol–water partition coefficient (Wildman–Crippen LogP) is 4.52. The van der Waals surface area contributed by atoms with Crippen molar-refractivity contribution in [3.05, 3.63) is 52.7 Å². The van der Waals surface area contributed by atoms with Crippen LogP contribution in [-0.4, -0.2) is 68.8 Å². The van der Waals surface area contributed by atoms with Crippen LogP contribution in [0.1, 0.15) is 49.4 Å². The average molecular weight is 583 g/mol. The maximum absolute atomic E-state index is 14.1. The first-order chi connectivity index (χ1) is 20.0. The Morgan fingerprint density at radius 3 is 2.61 bits per heavy atom. The van der Waals surface area contributed by atoms with Crippen molar-refractivity contribution in [2.75, 3.05) is 36.5 Å². The van der Waals surface area contributed by atoms with Crippen LogP contribution in [0.15, 0.2) is 41.9 Å². The molecule has 1 aliphatic carbocycles. The number of hydrogen-bond acceptors (Lipinski definition) is 9. The summed E-state index contributed by atoms with van der Waals surface area (Å²) in [5.74, 6) is 1.08. The molecule has 6 rings (SSSR count). The first-order valence-corrected chi connectivity index (χ1v) is 14.8. The molecule has 0 spiro atoms. The maximum atomic E-state index is 14.1. The number of hydrogen-bond donors (Lipinski definition) is 2. The molecule has 1 saturated heterocycles. The van der Waals surface area contributed by atoms with Gasteiger partial charge in [-0.2, -0.15) is 9.97 Å². The van der Waals surface area contributed by atoms with Gasteiger partial charge in [-0.15, -0.1) is 11.3 Å². The van der Waals surface area contributed by atoms with Gasteiger partial charge in [-0.3, -0.25) is 9.36 Å². The monoisotopic (exact) mass is 582 g/mol. The molecule has 2 fully saturated rings. The number of carbonyl (C=O) groups excluding carboxylic acids is 1. The number of halogens is 2. The first kappa shape index (κ1) is 27.5. The Morgan fingerprint density at radius 2 is 1.85 bits per heavy atom. The number of thiazole rings is 1. The number of ether oxygens (including phenoxy) is 1. The van der Waals surface area contributed by atoms with Crippen LogP contribution >= 0.6 is 11.3 Å². The van der Waals surface area contributed by atoms with Crippen LogP contribution in [0.4, 0.5) is 20.5 Å². The number of fused-ring (bicyclic) bond motifs is 1. The van der Waals surface area contributed by atoms with E-state index in [0.717, 1.165) is 30.7 Å². The van der Waals surface area contributed by atoms with Gasteiger partial charge in [-0.1, -0.05) is 12.1 Å². The second-order valence-corrected chi connectivity index (χ2v) is 11.3. The number of imidazole rings is 1. The largest absolute Gasteiger partial charge is 0.378 e. The molecule has 2 N–H and O–H groups in total. The van der Waals surface area contributed by atoms with Gasteiger partial charge in [0.25, 0.3) is 6.43 Å². The van der Waals surface area contributed by atoms with Gasteiger partial charge in [0.1, 0.15) is 11.6 Å². The molecule has 4 aromatic rings. The third-order valence-corrected chi connectivity index (χ3v) is 8.34. The zero-order chi connectivity index (χ0) is 28.2. The van der Waals surface area contributed by atoms with Crippen LogP contribution in [0.5, 0.6) is 0 Å². The van der Waals surface area contributed by atoms with Crippen LogP contribution in [0.3, 0.4) is 0 Å². The van der Waals surface area contributed by atoms with E-state index in [9.17, 15) is 13.6 Å². The zero-order valence-electron chi connectivity index (χ0n) is 22.5. The van der Waals surface area contributed by atoms with Crippen molar-refractivity contribution < 1.29 is 18.3 Å². The van der Waals surface area contributed by atoms with Crippen molar-refractivity contribution in [3.63, 3.8) is 0 Å². The van der Waals surface area contributed by atoms with E-state index in [0.29, 0.717) is 67.8 Å². The Morgan fingerprint density at radius 1 is 1.07 bits per heavy atom. The van der Waals surface area contributed by atoms with E-state index in [1.54, 1.807) is 47.9 Å². The molecule has 216 valence electrons. The highest BCUT2D eigenvalue weighted by atomic mass is 32.1. The number of para-hydroxylation sites is 2. The number of anilines is 2. The number of nitrogens with zero attached hydrogens (tertiary/aromatic N) is 6. The molecule has 3 aromatic heterocycles. The van der Waals surface area contributed by atoms with Crippen molar-refractivity contribution in [2.24, 2.45) is 0 Å². The molecule has 1 aromatic carbocycles. The number of rotatable bonds is 9. The Labute approximate surface area is 240 Å². The first-order valence-electron chi connectivity index (χ1n) is 14.0. The molecular weight excluding hydrogens is 550 g/mol. The molecule has 4 heterocycles. The van der Waals surface area contributed by atoms with Crippen molar-refractivity contribution in [3.8, 4) is 5.82 Å². The van der Waals surface area contributed by atoms with Crippen LogP contribution in [-0.2, 0) is 16.0 Å². The van der Waals surface area contributed by atoms with Crippen molar-refractivity contribution in [1.29, 1.82) is 0 Å². The summed E-state index contributed by atoms with van der Waals surface area (Å²) in [7, 11) is 0. The molecule has 2 aliphatic rings. The van der Waals surface area contributed by atoms with E-state index in [1.807, 2.05) is 10.3 Å². The molecule has 1 saturated carbocycles. The highest BCUT2D eigenvalue weighted by molar-refractivity contribution is 7.09. The van der Waals surface area contributed by atoms with Crippen LogP contribution in [0.2, 0.25) is 0 Å². The summed E-state index contributed by atoms with van der Waals surface area (Å²) in [6.45, 7) is 2.32. The average Bonchev–Trinajstić information content (AvgIpc) is 3.66. The summed E-state index contributed by atoms with van der Waals surface area (Å²) in [6.07, 6.45) is 3.46. The Kier molecular flexibility index (Phi) is 8.33. The van der Waals surface area contributed by atoms with Gasteiger partial charge in [0, 0.05) is 55.7 Å². The normalized spacial score (nSPS) is 19.5. The van der Waals surface area contributed by atoms with Crippen molar-refractivity contribution >= 4 is 40.0 Å². The van der Waals surface area contributed by atoms with Crippen molar-refractivity contribution in [1.82, 2.24) is 29.8 Å². The Bertz CT molecular complexity index is 1470. The summed E-state index contributed by atoms with van der Waals surface area (Å²) in [4.78, 5) is 32.4. The number of carbonyl (C=O) groups is 1. The smallest absolute Gasteiger partial charge is 0.296 e. The minimum Gasteiger partial charge on any atom is -0.378 e. The van der Waals surface area contributed by atoms with E-state index in [2.05, 4.69) is 20.6 Å². The summed E-state index contributed by atoms with van der Waals surface area (Å²) < 4.78 is 35.2. The number of aryl methyl sites for hydroxylation is 1. The number of nitrogens with one attached hydrogen (secondary N) is 2. The van der Waals surface area contributed by atoms with Gasteiger partial charge in [-0.25, -0.2) is 18.7 Å². The highest BCUT2D eigenvalue weighted by Crippen LogP contribution is 2.30. The maximum Gasteiger partial charge on any atom is 0.296 e. The fraction of sp³-hybridized carbons (Fsp3) is 0.464. The van der Waals surface area contributed by atoms with E-state index in [1.165, 1.54) is 4.57 Å². The lowest BCUT2D eigenvalue weighted by Gasteiger charge is -2.31. The third-order valence-electron chi connectivity index (χ3n) is 7.50. The van der Waals surface area contributed by atoms with E-state index < -0.39 is 6.43 Å². The molecule has 0 radical (unpaired) electrons. The highest BCUT2D eigenvalue weighted by Gasteiger charge is 2.26. The lowest BCUT2D eigenvalue weighted by atomic mass is 9.91. The van der Waals surface area contributed by atoms with Crippen LogP contribution < -0.4 is 15.5 Å². The summed E-state index contributed by atoms with van der Waals surface area (Å²) in [5, 5.41) is 9.58.